The number of methoxy groups -OCH3 is 1. The van der Waals surface area contributed by atoms with Crippen molar-refractivity contribution in [3.8, 4) is 0 Å². The van der Waals surface area contributed by atoms with Gasteiger partial charge in [0.25, 0.3) is 5.91 Å². The van der Waals surface area contributed by atoms with Crippen molar-refractivity contribution in [3.05, 3.63) is 21.9 Å². The first-order valence-electron chi connectivity index (χ1n) is 4.63. The summed E-state index contributed by atoms with van der Waals surface area (Å²) in [6.45, 7) is 1.75. The van der Waals surface area contributed by atoms with Gasteiger partial charge in [-0.05, 0) is 23.9 Å². The van der Waals surface area contributed by atoms with E-state index in [1.165, 1.54) is 18.4 Å². The summed E-state index contributed by atoms with van der Waals surface area (Å²) in [7, 11) is 1.39. The molecule has 2 N–H and O–H groups in total. The van der Waals surface area contributed by atoms with Crippen LogP contribution < -0.4 is 5.32 Å². The van der Waals surface area contributed by atoms with Crippen LogP contribution in [0.3, 0.4) is 0 Å². The van der Waals surface area contributed by atoms with Gasteiger partial charge < -0.3 is 15.2 Å². The van der Waals surface area contributed by atoms with Gasteiger partial charge in [-0.15, -0.1) is 11.3 Å². The van der Waals surface area contributed by atoms with E-state index in [-0.39, 0.29) is 12.5 Å². The number of ether oxygens (including phenoxy) is 1. The third-order valence-corrected chi connectivity index (χ3v) is 3.02. The fraction of sp³-hybridized carbons (Fsp3) is 0.400. The molecule has 1 rings (SSSR count). The zero-order valence-electron chi connectivity index (χ0n) is 9.02. The van der Waals surface area contributed by atoms with Gasteiger partial charge >= 0.3 is 5.97 Å². The normalized spacial score (nSPS) is 12.1. The molecule has 0 saturated carbocycles. The van der Waals surface area contributed by atoms with Crippen LogP contribution in [-0.2, 0) is 9.53 Å². The number of aliphatic carboxylic acids is 1. The second kappa shape index (κ2) is 5.62. The number of aryl methyl sites for hydroxylation is 1. The highest BCUT2D eigenvalue weighted by molar-refractivity contribution is 7.12. The Morgan fingerprint density at radius 2 is 2.31 bits per heavy atom. The van der Waals surface area contributed by atoms with Gasteiger partial charge in [0, 0.05) is 7.11 Å². The molecule has 88 valence electrons. The van der Waals surface area contributed by atoms with E-state index in [0.29, 0.717) is 4.88 Å². The van der Waals surface area contributed by atoms with Crippen LogP contribution in [0.1, 0.15) is 15.2 Å². The Bertz CT molecular complexity index is 388. The Hall–Kier alpha value is -1.40. The van der Waals surface area contributed by atoms with Crippen molar-refractivity contribution in [2.45, 2.75) is 13.0 Å². The van der Waals surface area contributed by atoms with Gasteiger partial charge in [-0.25, -0.2) is 4.79 Å². The summed E-state index contributed by atoms with van der Waals surface area (Å²) in [6.07, 6.45) is 0. The molecule has 0 spiro atoms. The van der Waals surface area contributed by atoms with Gasteiger partial charge in [0.15, 0.2) is 6.04 Å². The highest BCUT2D eigenvalue weighted by Gasteiger charge is 2.21. The topological polar surface area (TPSA) is 75.6 Å². The number of carbonyl (C=O) groups excluding carboxylic acids is 1. The lowest BCUT2D eigenvalue weighted by atomic mass is 10.2. The molecule has 1 amide bonds. The fourth-order valence-electron chi connectivity index (χ4n) is 1.17. The predicted octanol–water partition coefficient (Wildman–Crippen LogP) is 0.886. The van der Waals surface area contributed by atoms with E-state index in [0.717, 1.165) is 5.56 Å². The van der Waals surface area contributed by atoms with Crippen LogP contribution in [0.5, 0.6) is 0 Å². The first-order chi connectivity index (χ1) is 7.56. The van der Waals surface area contributed by atoms with E-state index in [1.54, 1.807) is 12.3 Å². The zero-order valence-corrected chi connectivity index (χ0v) is 9.84. The van der Waals surface area contributed by atoms with Crippen molar-refractivity contribution in [2.24, 2.45) is 0 Å². The van der Waals surface area contributed by atoms with Gasteiger partial charge in [-0.3, -0.25) is 4.79 Å². The van der Waals surface area contributed by atoms with E-state index < -0.39 is 12.0 Å². The first kappa shape index (κ1) is 12.7. The molecule has 0 aliphatic rings. The lowest BCUT2D eigenvalue weighted by Gasteiger charge is -2.12. The van der Waals surface area contributed by atoms with Gasteiger partial charge in [0.05, 0.1) is 11.5 Å². The molecule has 1 aromatic heterocycles. The SMILES string of the molecule is COCC(NC(=O)c1sccc1C)C(=O)O. The third-order valence-electron chi connectivity index (χ3n) is 2.01. The Morgan fingerprint density at radius 1 is 1.62 bits per heavy atom. The molecule has 5 nitrogen and oxygen atoms in total. The maximum atomic E-state index is 11.7. The summed E-state index contributed by atoms with van der Waals surface area (Å²) in [6, 6.07) is 0.796. The summed E-state index contributed by atoms with van der Waals surface area (Å²) in [5, 5.41) is 13.0. The molecule has 1 unspecified atom stereocenters. The molecule has 0 aliphatic carbocycles. The number of carboxylic acids is 1. The summed E-state index contributed by atoms with van der Waals surface area (Å²) < 4.78 is 4.72. The third kappa shape index (κ3) is 3.04. The number of thiophene rings is 1. The van der Waals surface area contributed by atoms with E-state index in [1.807, 2.05) is 6.07 Å². The van der Waals surface area contributed by atoms with Gasteiger partial charge in [-0.2, -0.15) is 0 Å². The van der Waals surface area contributed by atoms with Crippen LogP contribution in [0.4, 0.5) is 0 Å². The minimum atomic E-state index is -1.11. The van der Waals surface area contributed by atoms with Crippen LogP contribution in [0.2, 0.25) is 0 Å². The monoisotopic (exact) mass is 243 g/mol. The summed E-state index contributed by atoms with van der Waals surface area (Å²) in [4.78, 5) is 23.0. The average Bonchev–Trinajstić information content (AvgIpc) is 2.63. The van der Waals surface area contributed by atoms with Crippen molar-refractivity contribution >= 4 is 23.2 Å². The minimum absolute atomic E-state index is 0.0501. The minimum Gasteiger partial charge on any atom is -0.480 e. The van der Waals surface area contributed by atoms with Crippen LogP contribution in [0.15, 0.2) is 11.4 Å². The summed E-state index contributed by atoms with van der Waals surface area (Å²) in [5.74, 6) is -1.48. The lowest BCUT2D eigenvalue weighted by Crippen LogP contribution is -2.43. The Balaban J connectivity index is 2.69. The van der Waals surface area contributed by atoms with Gasteiger partial charge in [0.2, 0.25) is 0 Å². The van der Waals surface area contributed by atoms with E-state index in [9.17, 15) is 9.59 Å². The lowest BCUT2D eigenvalue weighted by molar-refractivity contribution is -0.140. The number of carboxylic acid groups (broad SMARTS) is 1. The second-order valence-electron chi connectivity index (χ2n) is 3.25. The maximum absolute atomic E-state index is 11.7. The molecule has 0 bridgehead atoms. The zero-order chi connectivity index (χ0) is 12.1. The first-order valence-corrected chi connectivity index (χ1v) is 5.51. The van der Waals surface area contributed by atoms with Crippen molar-refractivity contribution in [1.82, 2.24) is 5.32 Å². The van der Waals surface area contributed by atoms with Crippen molar-refractivity contribution in [3.63, 3.8) is 0 Å². The number of nitrogens with one attached hydrogen (secondary N) is 1. The molecule has 0 saturated heterocycles. The van der Waals surface area contributed by atoms with Crippen LogP contribution in [0.25, 0.3) is 0 Å². The fourth-order valence-corrected chi connectivity index (χ4v) is 2.00. The van der Waals surface area contributed by atoms with Crippen LogP contribution >= 0.6 is 11.3 Å². The molecule has 16 heavy (non-hydrogen) atoms. The molecular formula is C10H13NO4S. The molecular weight excluding hydrogens is 230 g/mol. The largest absolute Gasteiger partial charge is 0.480 e. The number of hydrogen-bond acceptors (Lipinski definition) is 4. The second-order valence-corrected chi connectivity index (χ2v) is 4.17. The Labute approximate surface area is 97.0 Å². The molecule has 0 fully saturated rings. The highest BCUT2D eigenvalue weighted by Crippen LogP contribution is 2.15. The number of amides is 1. The number of rotatable bonds is 5. The Kier molecular flexibility index (Phi) is 4.45. The summed E-state index contributed by atoms with van der Waals surface area (Å²) in [5.41, 5.74) is 0.837. The molecule has 1 atom stereocenters. The van der Waals surface area contributed by atoms with Crippen LogP contribution in [-0.4, -0.2) is 36.7 Å². The molecule has 0 aromatic carbocycles. The smallest absolute Gasteiger partial charge is 0.328 e. The maximum Gasteiger partial charge on any atom is 0.328 e. The van der Waals surface area contributed by atoms with Gasteiger partial charge in [-0.1, -0.05) is 0 Å². The summed E-state index contributed by atoms with van der Waals surface area (Å²) >= 11 is 1.28. The van der Waals surface area contributed by atoms with E-state index in [2.05, 4.69) is 5.32 Å². The van der Waals surface area contributed by atoms with Crippen molar-refractivity contribution < 1.29 is 19.4 Å². The van der Waals surface area contributed by atoms with E-state index >= 15 is 0 Å². The Morgan fingerprint density at radius 3 is 2.75 bits per heavy atom. The standard InChI is InChI=1S/C10H13NO4S/c1-6-3-4-16-8(6)9(12)11-7(5-15-2)10(13)14/h3-4,7H,5H2,1-2H3,(H,11,12)(H,13,14). The number of carbonyl (C=O) groups is 2. The van der Waals surface area contributed by atoms with Gasteiger partial charge in [0.1, 0.15) is 0 Å². The van der Waals surface area contributed by atoms with Crippen molar-refractivity contribution in [1.29, 1.82) is 0 Å². The molecule has 6 heteroatoms. The predicted molar refractivity (Wildman–Crippen MR) is 59.8 cm³/mol. The van der Waals surface area contributed by atoms with Crippen LogP contribution in [0, 0.1) is 6.92 Å². The molecule has 0 radical (unpaired) electrons. The van der Waals surface area contributed by atoms with E-state index in [4.69, 9.17) is 9.84 Å². The van der Waals surface area contributed by atoms with Crippen molar-refractivity contribution in [2.75, 3.05) is 13.7 Å². The highest BCUT2D eigenvalue weighted by atomic mass is 32.1. The average molecular weight is 243 g/mol. The molecule has 1 heterocycles. The number of hydrogen-bond donors (Lipinski definition) is 2. The molecule has 0 aliphatic heterocycles. The molecule has 1 aromatic rings. The quantitative estimate of drug-likeness (QED) is 0.805.